The van der Waals surface area contributed by atoms with Crippen molar-refractivity contribution >= 4 is 138 Å². The Morgan fingerprint density at radius 1 is 0.273 bits per heavy atom. The molecule has 10 nitrogen and oxygen atoms in total. The van der Waals surface area contributed by atoms with E-state index < -0.39 is 10.8 Å². The molecule has 0 unspecified atom stereocenters. The molecule has 5 heterocycles. The van der Waals surface area contributed by atoms with Gasteiger partial charge >= 0.3 is 29.8 Å². The zero-order valence-electron chi connectivity index (χ0n) is 66.0. The zero-order chi connectivity index (χ0) is 77.2. The third-order valence-corrected chi connectivity index (χ3v) is 33.9. The van der Waals surface area contributed by atoms with E-state index in [1.165, 1.54) is 192 Å². The van der Waals surface area contributed by atoms with E-state index in [4.69, 9.17) is 23.7 Å². The standard InChI is InChI=1S/C21H25O2S.C20H25O2S.C19H23O2S.C18H21O2S.C17H19O2S/c22-21(16-8-2-3-9-16)23-19-12-13-20(24-14-6-1-7-15-24)18-11-5-4-10-17(18)19;1-20(2,3)19(21)22-17-11-12-18(23-13-7-4-8-14-23)16-10-6-5-9-15(16)17;1-19(2,3)18(20)21-16-10-11-17(22-12-6-7-13-22)15-9-5-4-8-14(15)16;1-2-18(19)20-16-10-11-17(21-12-6-3-7-13-21)15-9-5-4-8-14(15)16;1-2-17(18)19-15-9-10-16(20-11-5-6-12-20)14-8-4-3-7-13(14)15/h4-5,10-13,16H,1-3,6-9,14-15H2;5-6,9-12H,4,7-8,13-14H2,1-3H3;4-5,8-11H,6-7,12-13H2,1-3H3;4-5,8-11H,2-3,6-7,12-13H2,1H3;3-4,7-10H,2,5-6,11-12H2,1H3/q5*+1. The fraction of sp³-hybridized carbons (Fsp3) is 0.421. The van der Waals surface area contributed by atoms with Crippen LogP contribution in [0.25, 0.3) is 53.9 Å². The van der Waals surface area contributed by atoms with Crippen molar-refractivity contribution in [2.45, 2.75) is 202 Å². The van der Waals surface area contributed by atoms with Gasteiger partial charge in [0.15, 0.2) is 24.5 Å². The van der Waals surface area contributed by atoms with Crippen LogP contribution in [0.15, 0.2) is 206 Å². The lowest BCUT2D eigenvalue weighted by Gasteiger charge is -2.19. The highest BCUT2D eigenvalue weighted by Crippen LogP contribution is 2.42. The lowest BCUT2D eigenvalue weighted by molar-refractivity contribution is -0.143. The number of hydrogen-bond donors (Lipinski definition) is 0. The summed E-state index contributed by atoms with van der Waals surface area (Å²) in [4.78, 5) is 67.2. The third kappa shape index (κ3) is 21.1. The van der Waals surface area contributed by atoms with Crippen LogP contribution in [0.4, 0.5) is 0 Å². The van der Waals surface area contributed by atoms with E-state index in [2.05, 4.69) is 121 Å². The highest BCUT2D eigenvalue weighted by atomic mass is 32.2. The molecule has 6 aliphatic rings. The summed E-state index contributed by atoms with van der Waals surface area (Å²) >= 11 is 0. The number of fused-ring (bicyclic) bond motifs is 5. The second kappa shape index (κ2) is 39.4. The van der Waals surface area contributed by atoms with Gasteiger partial charge in [-0.2, -0.15) is 0 Å². The number of esters is 5. The SMILES string of the molecule is CC(C)(C)C(=O)Oc1ccc([S+]2CCCC2)c2ccccc12.CC(C)(C)C(=O)Oc1ccc([S+]2CCCCC2)c2ccccc12.CCC(=O)Oc1ccc([S+]2CCCC2)c2ccccc12.CCC(=O)Oc1ccc([S+]2CCCCC2)c2ccccc12.O=C(Oc1ccc([S+]2CCCCC2)c2ccccc12)C1CCCC1. The first-order valence-electron chi connectivity index (χ1n) is 40.4. The van der Waals surface area contributed by atoms with Crippen LogP contribution in [0.3, 0.4) is 0 Å². The summed E-state index contributed by atoms with van der Waals surface area (Å²) in [7, 11) is 1.77. The van der Waals surface area contributed by atoms with E-state index in [0.717, 1.165) is 58.4 Å². The fourth-order valence-electron chi connectivity index (χ4n) is 15.1. The van der Waals surface area contributed by atoms with E-state index in [1.807, 2.05) is 116 Å². The van der Waals surface area contributed by atoms with Crippen molar-refractivity contribution in [2.75, 3.05) is 57.5 Å². The molecule has 0 N–H and O–H groups in total. The maximum Gasteiger partial charge on any atom is 0.316 e. The van der Waals surface area contributed by atoms with Gasteiger partial charge in [-0.25, -0.2) is 0 Å². The number of benzene rings is 10. The maximum absolute atomic E-state index is 12.4. The summed E-state index contributed by atoms with van der Waals surface area (Å²) in [6, 6.07) is 62.5. The first kappa shape index (κ1) is 82.1. The summed E-state index contributed by atoms with van der Waals surface area (Å²) in [6.45, 7) is 14.9. The lowest BCUT2D eigenvalue weighted by atomic mass is 9.97. The van der Waals surface area contributed by atoms with Gasteiger partial charge in [-0.1, -0.05) is 118 Å². The highest BCUT2D eigenvalue weighted by molar-refractivity contribution is 7.98. The summed E-state index contributed by atoms with van der Waals surface area (Å²) in [5.41, 5.74) is -0.988. The maximum atomic E-state index is 12.4. The summed E-state index contributed by atoms with van der Waals surface area (Å²) in [6.07, 6.45) is 22.6. The van der Waals surface area contributed by atoms with Gasteiger partial charge in [-0.3, -0.25) is 24.0 Å². The van der Waals surface area contributed by atoms with Crippen LogP contribution in [-0.4, -0.2) is 87.4 Å². The van der Waals surface area contributed by atoms with E-state index >= 15 is 0 Å². The van der Waals surface area contributed by atoms with E-state index in [0.29, 0.717) is 90.3 Å². The molecule has 0 amide bonds. The average Bonchev–Trinajstić information content (AvgIpc) is 1.05. The number of carbonyl (C=O) groups is 5. The molecule has 5 saturated heterocycles. The van der Waals surface area contributed by atoms with Crippen LogP contribution in [0, 0.1) is 16.7 Å². The molecule has 1 aliphatic carbocycles. The molecule has 1 saturated carbocycles. The molecule has 0 bridgehead atoms. The van der Waals surface area contributed by atoms with Crippen LogP contribution < -0.4 is 23.7 Å². The molecule has 110 heavy (non-hydrogen) atoms. The molecule has 578 valence electrons. The Morgan fingerprint density at radius 2 is 0.482 bits per heavy atom. The average molecular weight is 1580 g/mol. The van der Waals surface area contributed by atoms with Crippen molar-refractivity contribution in [3.8, 4) is 28.7 Å². The first-order chi connectivity index (χ1) is 53.3. The van der Waals surface area contributed by atoms with E-state index in [1.54, 1.807) is 0 Å². The van der Waals surface area contributed by atoms with Crippen molar-refractivity contribution in [1.82, 2.24) is 0 Å². The minimum Gasteiger partial charge on any atom is -0.426 e. The Kier molecular flexibility index (Phi) is 29.4. The second-order valence-corrected chi connectivity index (χ2v) is 42.7. The molecular formula is C95H113O10S5+5. The molecule has 16 rings (SSSR count). The Bertz CT molecular complexity index is 4810. The van der Waals surface area contributed by atoms with Crippen LogP contribution in [0.5, 0.6) is 28.7 Å². The van der Waals surface area contributed by atoms with E-state index in [9.17, 15) is 24.0 Å². The van der Waals surface area contributed by atoms with Crippen LogP contribution in [0.1, 0.15) is 177 Å². The minimum atomic E-state index is -0.495. The Hall–Kier alpha value is -7.40. The summed E-state index contributed by atoms with van der Waals surface area (Å²) in [5, 5.41) is 11.6. The van der Waals surface area contributed by atoms with Gasteiger partial charge in [0.25, 0.3) is 0 Å². The van der Waals surface area contributed by atoms with Crippen molar-refractivity contribution < 1.29 is 47.7 Å². The Morgan fingerprint density at radius 3 is 0.709 bits per heavy atom. The van der Waals surface area contributed by atoms with Crippen molar-refractivity contribution in [1.29, 1.82) is 0 Å². The molecular weight excluding hydrogens is 1460 g/mol. The lowest BCUT2D eigenvalue weighted by Crippen LogP contribution is -2.25. The fourth-order valence-corrected chi connectivity index (χ4v) is 27.6. The Balaban J connectivity index is 0.000000128. The molecule has 0 aromatic heterocycles. The Labute approximate surface area is 667 Å². The van der Waals surface area contributed by atoms with Gasteiger partial charge in [0, 0.05) is 121 Å². The molecule has 0 radical (unpaired) electrons. The van der Waals surface area contributed by atoms with Crippen molar-refractivity contribution in [3.63, 3.8) is 0 Å². The van der Waals surface area contributed by atoms with Gasteiger partial charge in [-0.15, -0.1) is 0 Å². The number of carbonyl (C=O) groups excluding carboxylic acids is 5. The topological polar surface area (TPSA) is 132 Å². The molecule has 5 aliphatic heterocycles. The zero-order valence-corrected chi connectivity index (χ0v) is 70.1. The number of rotatable bonds is 13. The van der Waals surface area contributed by atoms with Crippen molar-refractivity contribution in [2.24, 2.45) is 16.7 Å². The largest absolute Gasteiger partial charge is 0.426 e. The highest BCUT2D eigenvalue weighted by Gasteiger charge is 2.36. The molecule has 0 spiro atoms. The molecule has 6 fully saturated rings. The van der Waals surface area contributed by atoms with Crippen LogP contribution >= 0.6 is 0 Å². The molecule has 15 heteroatoms. The predicted octanol–water partition coefficient (Wildman–Crippen LogP) is 22.9. The summed E-state index contributed by atoms with van der Waals surface area (Å²) < 4.78 is 28.1. The van der Waals surface area contributed by atoms with Crippen LogP contribution in [-0.2, 0) is 78.4 Å². The second-order valence-electron chi connectivity index (χ2n) is 31.5. The van der Waals surface area contributed by atoms with Crippen molar-refractivity contribution in [3.05, 3.63) is 182 Å². The summed E-state index contributed by atoms with van der Waals surface area (Å²) in [5.74, 6) is 15.9. The van der Waals surface area contributed by atoms with Gasteiger partial charge in [0.1, 0.15) is 86.3 Å². The molecule has 10 aromatic carbocycles. The molecule has 10 aromatic rings. The van der Waals surface area contributed by atoms with Gasteiger partial charge in [-0.05, 0) is 229 Å². The van der Waals surface area contributed by atoms with Crippen LogP contribution in [0.2, 0.25) is 0 Å². The monoisotopic (exact) mass is 1570 g/mol. The molecule has 0 atom stereocenters. The third-order valence-electron chi connectivity index (χ3n) is 21.2. The quantitative estimate of drug-likeness (QED) is 0.0624. The normalized spacial score (nSPS) is 16.9. The van der Waals surface area contributed by atoms with Gasteiger partial charge in [0.05, 0.1) is 16.7 Å². The number of hydrogen-bond acceptors (Lipinski definition) is 10. The van der Waals surface area contributed by atoms with Gasteiger partial charge in [0.2, 0.25) is 0 Å². The minimum absolute atomic E-state index is 0.0366. The van der Waals surface area contributed by atoms with E-state index in [-0.39, 0.29) is 35.8 Å². The first-order valence-corrected chi connectivity index (χ1v) is 48.2. The number of ether oxygens (including phenoxy) is 5. The smallest absolute Gasteiger partial charge is 0.316 e. The van der Waals surface area contributed by atoms with Gasteiger partial charge < -0.3 is 23.7 Å². The predicted molar refractivity (Wildman–Crippen MR) is 466 cm³/mol.